The van der Waals surface area contributed by atoms with Gasteiger partial charge in [0.05, 0.1) is 0 Å². The molecule has 0 aliphatic heterocycles. The first-order valence-corrected chi connectivity index (χ1v) is 5.18. The summed E-state index contributed by atoms with van der Waals surface area (Å²) in [5.41, 5.74) is 0. The molecule has 0 aliphatic carbocycles. The van der Waals surface area contributed by atoms with Gasteiger partial charge in [-0.25, -0.2) is 0 Å². The van der Waals surface area contributed by atoms with Crippen LogP contribution in [0.1, 0.15) is 65.7 Å². The molecule has 0 atom stereocenters. The van der Waals surface area contributed by atoms with Crippen molar-refractivity contribution in [1.29, 1.82) is 0 Å². The van der Waals surface area contributed by atoms with Crippen molar-refractivity contribution in [3.8, 4) is 0 Å². The first-order valence-electron chi connectivity index (χ1n) is 5.18. The average Bonchev–Trinajstić information content (AvgIpc) is 2.05. The summed E-state index contributed by atoms with van der Waals surface area (Å²) >= 11 is 0. The zero-order valence-electron chi connectivity index (χ0n) is 8.45. The van der Waals surface area contributed by atoms with Crippen LogP contribution in [0.5, 0.6) is 0 Å². The standard InChI is InChI=1S/C11H23/c1-4-7-8-9-10-11(5-2)6-3/h4-10H2,1-3H3. The van der Waals surface area contributed by atoms with Gasteiger partial charge in [-0.1, -0.05) is 46.5 Å². The fourth-order valence-corrected chi connectivity index (χ4v) is 1.41. The lowest BCUT2D eigenvalue weighted by Gasteiger charge is -2.10. The van der Waals surface area contributed by atoms with Crippen LogP contribution >= 0.6 is 0 Å². The molecule has 0 aromatic carbocycles. The van der Waals surface area contributed by atoms with Gasteiger partial charge in [-0.05, 0) is 25.2 Å². The first-order chi connectivity index (χ1) is 5.35. The zero-order valence-corrected chi connectivity index (χ0v) is 8.45. The summed E-state index contributed by atoms with van der Waals surface area (Å²) in [5.74, 6) is 1.75. The van der Waals surface area contributed by atoms with E-state index in [1.807, 2.05) is 0 Å². The molecule has 0 N–H and O–H groups in total. The molecule has 11 heavy (non-hydrogen) atoms. The Hall–Kier alpha value is 0. The molecule has 0 aromatic heterocycles. The molecule has 0 bridgehead atoms. The molecule has 0 heteroatoms. The van der Waals surface area contributed by atoms with E-state index in [2.05, 4.69) is 20.8 Å². The van der Waals surface area contributed by atoms with Crippen molar-refractivity contribution in [2.75, 3.05) is 0 Å². The van der Waals surface area contributed by atoms with E-state index in [1.54, 1.807) is 5.92 Å². The second-order valence-electron chi connectivity index (χ2n) is 3.27. The van der Waals surface area contributed by atoms with Crippen LogP contribution in [0.4, 0.5) is 0 Å². The van der Waals surface area contributed by atoms with Gasteiger partial charge in [0.1, 0.15) is 0 Å². The minimum Gasteiger partial charge on any atom is -0.0654 e. The van der Waals surface area contributed by atoms with E-state index >= 15 is 0 Å². The van der Waals surface area contributed by atoms with E-state index in [1.165, 1.54) is 44.9 Å². The van der Waals surface area contributed by atoms with Gasteiger partial charge in [-0.15, -0.1) is 0 Å². The van der Waals surface area contributed by atoms with Crippen LogP contribution in [0.15, 0.2) is 0 Å². The van der Waals surface area contributed by atoms with Crippen molar-refractivity contribution in [3.05, 3.63) is 5.92 Å². The number of rotatable bonds is 7. The van der Waals surface area contributed by atoms with E-state index in [0.29, 0.717) is 0 Å². The van der Waals surface area contributed by atoms with Crippen molar-refractivity contribution in [2.24, 2.45) is 0 Å². The van der Waals surface area contributed by atoms with Crippen molar-refractivity contribution < 1.29 is 0 Å². The SMILES string of the molecule is CCCCCC[C](CC)CC. The summed E-state index contributed by atoms with van der Waals surface area (Å²) in [5, 5.41) is 0. The van der Waals surface area contributed by atoms with Crippen molar-refractivity contribution in [1.82, 2.24) is 0 Å². The molecule has 1 radical (unpaired) electrons. The van der Waals surface area contributed by atoms with E-state index < -0.39 is 0 Å². The van der Waals surface area contributed by atoms with Crippen LogP contribution in [0.2, 0.25) is 0 Å². The zero-order chi connectivity index (χ0) is 8.53. The van der Waals surface area contributed by atoms with Gasteiger partial charge in [-0.2, -0.15) is 0 Å². The third-order valence-corrected chi connectivity index (χ3v) is 2.38. The second kappa shape index (κ2) is 8.10. The summed E-state index contributed by atoms with van der Waals surface area (Å²) in [7, 11) is 0. The van der Waals surface area contributed by atoms with Crippen LogP contribution in [-0.4, -0.2) is 0 Å². The molecule has 0 amide bonds. The predicted molar refractivity (Wildman–Crippen MR) is 52.6 cm³/mol. The van der Waals surface area contributed by atoms with Crippen LogP contribution in [-0.2, 0) is 0 Å². The molecule has 0 saturated carbocycles. The van der Waals surface area contributed by atoms with Crippen LogP contribution in [0.25, 0.3) is 0 Å². The van der Waals surface area contributed by atoms with Crippen LogP contribution < -0.4 is 0 Å². The minimum absolute atomic E-state index is 1.29. The summed E-state index contributed by atoms with van der Waals surface area (Å²) in [4.78, 5) is 0. The van der Waals surface area contributed by atoms with E-state index in [4.69, 9.17) is 0 Å². The lowest BCUT2D eigenvalue weighted by atomic mass is 9.96. The highest BCUT2D eigenvalue weighted by atomic mass is 14.1. The number of unbranched alkanes of at least 4 members (excludes halogenated alkanes) is 3. The van der Waals surface area contributed by atoms with Gasteiger partial charge in [0.15, 0.2) is 0 Å². The smallest absolute Gasteiger partial charge is 0.0246 e. The normalized spacial score (nSPS) is 10.9. The summed E-state index contributed by atoms with van der Waals surface area (Å²) in [6, 6.07) is 0. The molecular weight excluding hydrogens is 132 g/mol. The van der Waals surface area contributed by atoms with Crippen molar-refractivity contribution in [3.63, 3.8) is 0 Å². The monoisotopic (exact) mass is 155 g/mol. The molecule has 0 fully saturated rings. The Balaban J connectivity index is 3.07. The summed E-state index contributed by atoms with van der Waals surface area (Å²) in [6.45, 7) is 6.82. The maximum absolute atomic E-state index is 2.28. The molecule has 0 nitrogen and oxygen atoms in total. The lowest BCUT2D eigenvalue weighted by Crippen LogP contribution is -1.93. The minimum atomic E-state index is 1.29. The molecule has 0 heterocycles. The highest BCUT2D eigenvalue weighted by Crippen LogP contribution is 2.18. The molecular formula is C11H23. The predicted octanol–water partition coefficient (Wildman–Crippen LogP) is 4.35. The highest BCUT2D eigenvalue weighted by molar-refractivity contribution is 4.85. The molecule has 0 rings (SSSR count). The van der Waals surface area contributed by atoms with Crippen molar-refractivity contribution in [2.45, 2.75) is 65.7 Å². The van der Waals surface area contributed by atoms with Gasteiger partial charge in [0.2, 0.25) is 0 Å². The van der Waals surface area contributed by atoms with E-state index in [-0.39, 0.29) is 0 Å². The molecule has 67 valence electrons. The Morgan fingerprint density at radius 1 is 0.818 bits per heavy atom. The average molecular weight is 155 g/mol. The molecule has 0 aromatic rings. The number of hydrogen-bond acceptors (Lipinski definition) is 0. The fourth-order valence-electron chi connectivity index (χ4n) is 1.41. The van der Waals surface area contributed by atoms with E-state index in [0.717, 1.165) is 0 Å². The fraction of sp³-hybridized carbons (Fsp3) is 0.909. The number of hydrogen-bond donors (Lipinski definition) is 0. The lowest BCUT2D eigenvalue weighted by molar-refractivity contribution is 0.603. The van der Waals surface area contributed by atoms with E-state index in [9.17, 15) is 0 Å². The summed E-state index contributed by atoms with van der Waals surface area (Å²) < 4.78 is 0. The van der Waals surface area contributed by atoms with Gasteiger partial charge in [-0.3, -0.25) is 0 Å². The maximum atomic E-state index is 2.28. The van der Waals surface area contributed by atoms with Crippen LogP contribution in [0.3, 0.4) is 0 Å². The Labute approximate surface area is 72.4 Å². The van der Waals surface area contributed by atoms with Gasteiger partial charge in [0.25, 0.3) is 0 Å². The Kier molecular flexibility index (Phi) is 8.10. The molecule has 0 aliphatic rings. The Bertz CT molecular complexity index is 62.4. The molecule has 0 spiro atoms. The quantitative estimate of drug-likeness (QED) is 0.479. The second-order valence-corrected chi connectivity index (χ2v) is 3.27. The van der Waals surface area contributed by atoms with Gasteiger partial charge in [0, 0.05) is 0 Å². The Morgan fingerprint density at radius 2 is 1.45 bits per heavy atom. The maximum Gasteiger partial charge on any atom is -0.0246 e. The Morgan fingerprint density at radius 3 is 1.91 bits per heavy atom. The summed E-state index contributed by atoms with van der Waals surface area (Å²) in [6.07, 6.45) is 9.59. The third-order valence-electron chi connectivity index (χ3n) is 2.38. The topological polar surface area (TPSA) is 0 Å². The largest absolute Gasteiger partial charge is 0.0654 e. The first kappa shape index (κ1) is 11.0. The van der Waals surface area contributed by atoms with Gasteiger partial charge >= 0.3 is 0 Å². The van der Waals surface area contributed by atoms with Crippen LogP contribution in [0, 0.1) is 5.92 Å². The highest BCUT2D eigenvalue weighted by Gasteiger charge is 2.02. The van der Waals surface area contributed by atoms with Gasteiger partial charge < -0.3 is 0 Å². The third kappa shape index (κ3) is 6.40. The van der Waals surface area contributed by atoms with Crippen molar-refractivity contribution >= 4 is 0 Å². The molecule has 0 unspecified atom stereocenters. The molecule has 0 saturated heterocycles.